The van der Waals surface area contributed by atoms with Gasteiger partial charge in [-0.15, -0.1) is 0 Å². The minimum Gasteiger partial charge on any atom is -0.495 e. The maximum absolute atomic E-state index is 11.8. The Hall–Kier alpha value is -2.75. The fourth-order valence-corrected chi connectivity index (χ4v) is 1.71. The maximum atomic E-state index is 11.8. The number of rotatable bonds is 4. The second kappa shape index (κ2) is 6.43. The third-order valence-electron chi connectivity index (χ3n) is 2.73. The molecule has 3 N–H and O–H groups in total. The molecule has 0 fully saturated rings. The molecule has 0 aliphatic heterocycles. The van der Waals surface area contributed by atoms with Gasteiger partial charge in [-0.1, -0.05) is 30.3 Å². The van der Waals surface area contributed by atoms with Crippen LogP contribution in [-0.4, -0.2) is 13.0 Å². The Balaban J connectivity index is 2.03. The average molecular weight is 268 g/mol. The van der Waals surface area contributed by atoms with E-state index >= 15 is 0 Å². The van der Waals surface area contributed by atoms with Crippen molar-refractivity contribution in [2.24, 2.45) is 0 Å². The largest absolute Gasteiger partial charge is 0.495 e. The number of amides is 1. The van der Waals surface area contributed by atoms with E-state index in [1.807, 2.05) is 30.3 Å². The van der Waals surface area contributed by atoms with E-state index in [0.29, 0.717) is 17.1 Å². The van der Waals surface area contributed by atoms with Gasteiger partial charge in [-0.2, -0.15) is 0 Å². The zero-order chi connectivity index (χ0) is 14.4. The van der Waals surface area contributed by atoms with E-state index < -0.39 is 0 Å². The number of carbonyl (C=O) groups is 1. The first-order chi connectivity index (χ1) is 9.69. The number of methoxy groups -OCH3 is 1. The summed E-state index contributed by atoms with van der Waals surface area (Å²) in [5.74, 6) is 0.329. The zero-order valence-electron chi connectivity index (χ0n) is 11.2. The van der Waals surface area contributed by atoms with Gasteiger partial charge in [0, 0.05) is 17.8 Å². The molecule has 0 spiro atoms. The lowest BCUT2D eigenvalue weighted by Crippen LogP contribution is -2.08. The van der Waals surface area contributed by atoms with Crippen molar-refractivity contribution in [3.63, 3.8) is 0 Å². The van der Waals surface area contributed by atoms with Gasteiger partial charge < -0.3 is 15.8 Å². The number of nitrogen functional groups attached to an aromatic ring is 1. The summed E-state index contributed by atoms with van der Waals surface area (Å²) in [5.41, 5.74) is 7.85. The molecule has 4 nitrogen and oxygen atoms in total. The van der Waals surface area contributed by atoms with Crippen LogP contribution in [0.1, 0.15) is 5.56 Å². The second-order valence-electron chi connectivity index (χ2n) is 4.19. The van der Waals surface area contributed by atoms with Gasteiger partial charge in [-0.05, 0) is 23.8 Å². The van der Waals surface area contributed by atoms with Gasteiger partial charge in [-0.3, -0.25) is 4.79 Å². The summed E-state index contributed by atoms with van der Waals surface area (Å²) in [4.78, 5) is 11.8. The number of anilines is 2. The van der Waals surface area contributed by atoms with E-state index in [1.165, 1.54) is 13.2 Å². The normalized spacial score (nSPS) is 10.4. The summed E-state index contributed by atoms with van der Waals surface area (Å²) in [6, 6.07) is 14.7. The molecular formula is C16H16N2O2. The highest BCUT2D eigenvalue weighted by atomic mass is 16.5. The third-order valence-corrected chi connectivity index (χ3v) is 2.73. The number of ether oxygens (including phenoxy) is 1. The Bertz CT molecular complexity index is 622. The van der Waals surface area contributed by atoms with Crippen LogP contribution in [0.25, 0.3) is 6.08 Å². The Kier molecular flexibility index (Phi) is 4.39. The molecule has 0 heterocycles. The SMILES string of the molecule is COc1cc(NC(=O)/C=C/c2ccccc2)ccc1N. The summed E-state index contributed by atoms with van der Waals surface area (Å²) >= 11 is 0. The highest BCUT2D eigenvalue weighted by molar-refractivity contribution is 6.02. The van der Waals surface area contributed by atoms with Crippen molar-refractivity contribution in [3.05, 3.63) is 60.2 Å². The molecule has 0 radical (unpaired) electrons. The standard InChI is InChI=1S/C16H16N2O2/c1-20-15-11-13(8-9-14(15)17)18-16(19)10-7-12-5-3-2-4-6-12/h2-11H,17H2,1H3,(H,18,19)/b10-7+. The Labute approximate surface area is 117 Å². The van der Waals surface area contributed by atoms with Crippen molar-refractivity contribution in [2.45, 2.75) is 0 Å². The number of hydrogen-bond donors (Lipinski definition) is 2. The summed E-state index contributed by atoms with van der Waals surface area (Å²) in [5, 5.41) is 2.75. The molecule has 20 heavy (non-hydrogen) atoms. The van der Waals surface area contributed by atoms with E-state index in [9.17, 15) is 4.79 Å². The van der Waals surface area contributed by atoms with Crippen molar-refractivity contribution < 1.29 is 9.53 Å². The zero-order valence-corrected chi connectivity index (χ0v) is 11.2. The first-order valence-electron chi connectivity index (χ1n) is 6.16. The van der Waals surface area contributed by atoms with Crippen LogP contribution >= 0.6 is 0 Å². The van der Waals surface area contributed by atoms with Crippen molar-refractivity contribution in [1.29, 1.82) is 0 Å². The highest BCUT2D eigenvalue weighted by Crippen LogP contribution is 2.24. The average Bonchev–Trinajstić information content (AvgIpc) is 2.48. The molecule has 0 aliphatic rings. The van der Waals surface area contributed by atoms with Crippen molar-refractivity contribution in [2.75, 3.05) is 18.2 Å². The molecule has 102 valence electrons. The van der Waals surface area contributed by atoms with Gasteiger partial charge in [-0.25, -0.2) is 0 Å². The van der Waals surface area contributed by atoms with Crippen LogP contribution in [0, 0.1) is 0 Å². The van der Waals surface area contributed by atoms with E-state index in [2.05, 4.69) is 5.32 Å². The van der Waals surface area contributed by atoms with Crippen LogP contribution < -0.4 is 15.8 Å². The molecule has 0 atom stereocenters. The molecular weight excluding hydrogens is 252 g/mol. The Morgan fingerprint density at radius 2 is 1.95 bits per heavy atom. The smallest absolute Gasteiger partial charge is 0.248 e. The Morgan fingerprint density at radius 1 is 1.20 bits per heavy atom. The van der Waals surface area contributed by atoms with E-state index in [4.69, 9.17) is 10.5 Å². The number of nitrogens with two attached hydrogens (primary N) is 1. The molecule has 0 bridgehead atoms. The number of carbonyl (C=O) groups excluding carboxylic acids is 1. The van der Waals surface area contributed by atoms with E-state index in [-0.39, 0.29) is 5.91 Å². The summed E-state index contributed by atoms with van der Waals surface area (Å²) < 4.78 is 5.10. The molecule has 1 amide bonds. The third kappa shape index (κ3) is 3.62. The lowest BCUT2D eigenvalue weighted by atomic mass is 10.2. The molecule has 2 aromatic rings. The minimum absolute atomic E-state index is 0.208. The summed E-state index contributed by atoms with van der Waals surface area (Å²) in [6.45, 7) is 0. The van der Waals surface area contributed by atoms with Crippen LogP contribution in [0.15, 0.2) is 54.6 Å². The first-order valence-corrected chi connectivity index (χ1v) is 6.16. The summed E-state index contributed by atoms with van der Waals surface area (Å²) in [6.07, 6.45) is 3.24. The van der Waals surface area contributed by atoms with Crippen LogP contribution in [0.5, 0.6) is 5.75 Å². The van der Waals surface area contributed by atoms with E-state index in [0.717, 1.165) is 5.56 Å². The van der Waals surface area contributed by atoms with E-state index in [1.54, 1.807) is 24.3 Å². The number of hydrogen-bond acceptors (Lipinski definition) is 3. The van der Waals surface area contributed by atoms with Gasteiger partial charge in [0.1, 0.15) is 5.75 Å². The van der Waals surface area contributed by atoms with Gasteiger partial charge >= 0.3 is 0 Å². The topological polar surface area (TPSA) is 64.3 Å². The van der Waals surface area contributed by atoms with Gasteiger partial charge in [0.2, 0.25) is 5.91 Å². The first kappa shape index (κ1) is 13.7. The summed E-state index contributed by atoms with van der Waals surface area (Å²) in [7, 11) is 1.53. The monoisotopic (exact) mass is 268 g/mol. The van der Waals surface area contributed by atoms with Crippen LogP contribution in [0.3, 0.4) is 0 Å². The van der Waals surface area contributed by atoms with Crippen LogP contribution in [0.2, 0.25) is 0 Å². The van der Waals surface area contributed by atoms with Crippen LogP contribution in [-0.2, 0) is 4.79 Å². The fourth-order valence-electron chi connectivity index (χ4n) is 1.71. The molecule has 0 aliphatic carbocycles. The van der Waals surface area contributed by atoms with Crippen LogP contribution in [0.4, 0.5) is 11.4 Å². The van der Waals surface area contributed by atoms with Gasteiger partial charge in [0.15, 0.2) is 0 Å². The molecule has 0 unspecified atom stereocenters. The fraction of sp³-hybridized carbons (Fsp3) is 0.0625. The minimum atomic E-state index is -0.208. The quantitative estimate of drug-likeness (QED) is 0.662. The van der Waals surface area contributed by atoms with Crippen molar-refractivity contribution >= 4 is 23.4 Å². The maximum Gasteiger partial charge on any atom is 0.248 e. The predicted octanol–water partition coefficient (Wildman–Crippen LogP) is 2.93. The molecule has 0 saturated heterocycles. The van der Waals surface area contributed by atoms with Crippen molar-refractivity contribution in [1.82, 2.24) is 0 Å². The predicted molar refractivity (Wildman–Crippen MR) is 81.5 cm³/mol. The lowest BCUT2D eigenvalue weighted by Gasteiger charge is -2.07. The second-order valence-corrected chi connectivity index (χ2v) is 4.19. The van der Waals surface area contributed by atoms with Gasteiger partial charge in [0.25, 0.3) is 0 Å². The molecule has 4 heteroatoms. The molecule has 0 aromatic heterocycles. The molecule has 2 aromatic carbocycles. The number of nitrogens with one attached hydrogen (secondary N) is 1. The van der Waals surface area contributed by atoms with Crippen molar-refractivity contribution in [3.8, 4) is 5.75 Å². The molecule has 2 rings (SSSR count). The number of benzene rings is 2. The molecule has 0 saturated carbocycles. The lowest BCUT2D eigenvalue weighted by molar-refractivity contribution is -0.111. The Morgan fingerprint density at radius 3 is 2.65 bits per heavy atom. The van der Waals surface area contributed by atoms with Gasteiger partial charge in [0.05, 0.1) is 12.8 Å². The highest BCUT2D eigenvalue weighted by Gasteiger charge is 2.03.